The Morgan fingerprint density at radius 1 is 0.958 bits per heavy atom. The summed E-state index contributed by atoms with van der Waals surface area (Å²) in [6.45, 7) is 0.523. The van der Waals surface area contributed by atoms with Gasteiger partial charge in [-0.15, -0.1) is 0 Å². The van der Waals surface area contributed by atoms with Crippen molar-refractivity contribution in [1.82, 2.24) is 4.31 Å². The number of ketones is 1. The molecule has 1 saturated heterocycles. The average Bonchev–Trinajstić information content (AvgIpc) is 2.62. The monoisotopic (exact) mass is 345 g/mol. The van der Waals surface area contributed by atoms with E-state index >= 15 is 0 Å². The number of aliphatic hydroxyl groups excluding tert-OH is 1. The number of benzene rings is 2. The van der Waals surface area contributed by atoms with Crippen LogP contribution in [0.5, 0.6) is 0 Å². The second-order valence-electron chi connectivity index (χ2n) is 5.83. The summed E-state index contributed by atoms with van der Waals surface area (Å²) in [5, 5.41) is 9.58. The van der Waals surface area contributed by atoms with E-state index in [1.807, 2.05) is 0 Å². The van der Waals surface area contributed by atoms with Crippen LogP contribution >= 0.6 is 0 Å². The van der Waals surface area contributed by atoms with Crippen LogP contribution in [0, 0.1) is 0 Å². The van der Waals surface area contributed by atoms with Crippen LogP contribution in [-0.2, 0) is 10.0 Å². The van der Waals surface area contributed by atoms with E-state index < -0.39 is 16.1 Å². The zero-order valence-electron chi connectivity index (χ0n) is 13.1. The Hall–Kier alpha value is -2.02. The Bertz CT molecular complexity index is 825. The largest absolute Gasteiger partial charge is 0.393 e. The predicted molar refractivity (Wildman–Crippen MR) is 90.3 cm³/mol. The van der Waals surface area contributed by atoms with Crippen LogP contribution in [0.15, 0.2) is 59.5 Å². The minimum atomic E-state index is -3.77. The van der Waals surface area contributed by atoms with Gasteiger partial charge in [0, 0.05) is 24.2 Å². The van der Waals surface area contributed by atoms with E-state index in [1.165, 1.54) is 10.4 Å². The number of sulfonamides is 1. The maximum absolute atomic E-state index is 12.9. The Balaban J connectivity index is 1.99. The molecule has 0 aliphatic carbocycles. The van der Waals surface area contributed by atoms with Gasteiger partial charge in [0.2, 0.25) is 10.0 Å². The quantitative estimate of drug-likeness (QED) is 0.861. The summed E-state index contributed by atoms with van der Waals surface area (Å²) in [5.41, 5.74) is 0.629. The lowest BCUT2D eigenvalue weighted by atomic mass is 10.0. The highest BCUT2D eigenvalue weighted by molar-refractivity contribution is 7.89. The molecule has 5 nitrogen and oxygen atoms in total. The molecule has 3 rings (SSSR count). The molecule has 0 unspecified atom stereocenters. The van der Waals surface area contributed by atoms with Crippen molar-refractivity contribution in [2.75, 3.05) is 13.1 Å². The summed E-state index contributed by atoms with van der Waals surface area (Å²) in [6, 6.07) is 14.9. The Labute approximate surface area is 141 Å². The van der Waals surface area contributed by atoms with Gasteiger partial charge in [0.15, 0.2) is 5.78 Å². The Morgan fingerprint density at radius 2 is 1.54 bits per heavy atom. The van der Waals surface area contributed by atoms with Crippen molar-refractivity contribution in [3.8, 4) is 0 Å². The minimum absolute atomic E-state index is 0.0234. The molecule has 1 heterocycles. The standard InChI is InChI=1S/C18H19NO4S/c20-15-10-12-19(13-11-15)24(22,23)17-9-5-4-8-16(17)18(21)14-6-2-1-3-7-14/h1-9,15,20H,10-13H2. The van der Waals surface area contributed by atoms with E-state index in [1.54, 1.807) is 48.5 Å². The predicted octanol–water partition coefficient (Wildman–Crippen LogP) is 2.06. The second kappa shape index (κ2) is 6.84. The first-order valence-corrected chi connectivity index (χ1v) is 9.31. The molecule has 0 spiro atoms. The van der Waals surface area contributed by atoms with E-state index in [2.05, 4.69) is 0 Å². The van der Waals surface area contributed by atoms with Crippen LogP contribution in [0.3, 0.4) is 0 Å². The summed E-state index contributed by atoms with van der Waals surface area (Å²) in [6.07, 6.45) is 0.361. The molecule has 0 atom stereocenters. The molecule has 126 valence electrons. The van der Waals surface area contributed by atoms with Gasteiger partial charge in [0.1, 0.15) is 0 Å². The maximum atomic E-state index is 12.9. The average molecular weight is 345 g/mol. The first-order chi connectivity index (χ1) is 11.5. The van der Waals surface area contributed by atoms with E-state index in [-0.39, 0.29) is 29.3 Å². The number of rotatable bonds is 4. The van der Waals surface area contributed by atoms with E-state index in [9.17, 15) is 18.3 Å². The third-order valence-corrected chi connectivity index (χ3v) is 6.17. The van der Waals surface area contributed by atoms with Crippen LogP contribution < -0.4 is 0 Å². The molecule has 0 bridgehead atoms. The number of aliphatic hydroxyl groups is 1. The van der Waals surface area contributed by atoms with Crippen LogP contribution in [0.4, 0.5) is 0 Å². The number of hydrogen-bond donors (Lipinski definition) is 1. The Kier molecular flexibility index (Phi) is 4.80. The topological polar surface area (TPSA) is 74.7 Å². The van der Waals surface area contributed by atoms with Crippen molar-refractivity contribution in [3.05, 3.63) is 65.7 Å². The smallest absolute Gasteiger partial charge is 0.243 e. The normalized spacial score (nSPS) is 16.9. The molecular weight excluding hydrogens is 326 g/mol. The molecule has 1 fully saturated rings. The molecule has 0 amide bonds. The van der Waals surface area contributed by atoms with Crippen molar-refractivity contribution in [3.63, 3.8) is 0 Å². The van der Waals surface area contributed by atoms with Gasteiger partial charge in [0.25, 0.3) is 0 Å². The molecule has 1 aliphatic heterocycles. The number of piperidine rings is 1. The molecule has 1 aliphatic rings. The summed E-state index contributed by atoms with van der Waals surface area (Å²) in [7, 11) is -3.77. The molecule has 6 heteroatoms. The highest BCUT2D eigenvalue weighted by Gasteiger charge is 2.31. The van der Waals surface area contributed by atoms with Gasteiger partial charge in [0.05, 0.1) is 11.0 Å². The SMILES string of the molecule is O=C(c1ccccc1)c1ccccc1S(=O)(=O)N1CCC(O)CC1. The lowest BCUT2D eigenvalue weighted by Crippen LogP contribution is -2.40. The summed E-state index contributed by atoms with van der Waals surface area (Å²) >= 11 is 0. The van der Waals surface area contributed by atoms with Gasteiger partial charge in [-0.2, -0.15) is 4.31 Å². The third-order valence-electron chi connectivity index (χ3n) is 4.21. The lowest BCUT2D eigenvalue weighted by Gasteiger charge is -2.29. The summed E-state index contributed by atoms with van der Waals surface area (Å²) < 4.78 is 27.2. The highest BCUT2D eigenvalue weighted by atomic mass is 32.2. The molecule has 2 aromatic carbocycles. The minimum Gasteiger partial charge on any atom is -0.393 e. The molecule has 1 N–H and O–H groups in total. The van der Waals surface area contributed by atoms with Crippen LogP contribution in [0.1, 0.15) is 28.8 Å². The summed E-state index contributed by atoms with van der Waals surface area (Å²) in [5.74, 6) is -0.313. The molecule has 0 radical (unpaired) electrons. The van der Waals surface area contributed by atoms with Gasteiger partial charge in [-0.1, -0.05) is 42.5 Å². The van der Waals surface area contributed by atoms with Crippen molar-refractivity contribution in [2.45, 2.75) is 23.8 Å². The van der Waals surface area contributed by atoms with E-state index in [0.29, 0.717) is 18.4 Å². The van der Waals surface area contributed by atoms with Gasteiger partial charge in [-0.05, 0) is 25.0 Å². The van der Waals surface area contributed by atoms with Crippen molar-refractivity contribution in [2.24, 2.45) is 0 Å². The molecule has 24 heavy (non-hydrogen) atoms. The number of hydrogen-bond acceptors (Lipinski definition) is 4. The molecule has 0 aromatic heterocycles. The van der Waals surface area contributed by atoms with Crippen LogP contribution in [0.25, 0.3) is 0 Å². The zero-order chi connectivity index (χ0) is 17.2. The maximum Gasteiger partial charge on any atom is 0.243 e. The van der Waals surface area contributed by atoms with Gasteiger partial charge in [-0.3, -0.25) is 4.79 Å². The first kappa shape index (κ1) is 16.8. The first-order valence-electron chi connectivity index (χ1n) is 7.87. The van der Waals surface area contributed by atoms with Gasteiger partial charge in [-0.25, -0.2) is 8.42 Å². The fraction of sp³-hybridized carbons (Fsp3) is 0.278. The lowest BCUT2D eigenvalue weighted by molar-refractivity contribution is 0.103. The highest BCUT2D eigenvalue weighted by Crippen LogP contribution is 2.25. The van der Waals surface area contributed by atoms with Crippen molar-refractivity contribution >= 4 is 15.8 Å². The van der Waals surface area contributed by atoms with E-state index in [0.717, 1.165) is 0 Å². The number of carbonyl (C=O) groups excluding carboxylic acids is 1. The second-order valence-corrected chi connectivity index (χ2v) is 7.73. The van der Waals surface area contributed by atoms with Gasteiger partial charge < -0.3 is 5.11 Å². The van der Waals surface area contributed by atoms with E-state index in [4.69, 9.17) is 0 Å². The summed E-state index contributed by atoms with van der Waals surface area (Å²) in [4.78, 5) is 12.7. The Morgan fingerprint density at radius 3 is 2.21 bits per heavy atom. The molecule has 2 aromatic rings. The fourth-order valence-electron chi connectivity index (χ4n) is 2.85. The zero-order valence-corrected chi connectivity index (χ0v) is 13.9. The van der Waals surface area contributed by atoms with Gasteiger partial charge >= 0.3 is 0 Å². The van der Waals surface area contributed by atoms with Crippen LogP contribution in [0.2, 0.25) is 0 Å². The van der Waals surface area contributed by atoms with Crippen molar-refractivity contribution < 1.29 is 18.3 Å². The molecular formula is C18H19NO4S. The van der Waals surface area contributed by atoms with Crippen molar-refractivity contribution in [1.29, 1.82) is 0 Å². The van der Waals surface area contributed by atoms with Crippen LogP contribution in [-0.4, -0.2) is 42.8 Å². The fourth-order valence-corrected chi connectivity index (χ4v) is 4.50. The number of carbonyl (C=O) groups is 1. The molecule has 0 saturated carbocycles. The third kappa shape index (κ3) is 3.26. The number of nitrogens with zero attached hydrogens (tertiary/aromatic N) is 1.